The largest absolute Gasteiger partial charge is 0.300 e. The second kappa shape index (κ2) is 4.88. The summed E-state index contributed by atoms with van der Waals surface area (Å²) >= 11 is 0. The Morgan fingerprint density at radius 3 is 2.93 bits per heavy atom. The predicted molar refractivity (Wildman–Crippen MR) is 53.9 cm³/mol. The van der Waals surface area contributed by atoms with Crippen molar-refractivity contribution >= 4 is 5.78 Å². The predicted octanol–water partition coefficient (Wildman–Crippen LogP) is 1.46. The van der Waals surface area contributed by atoms with Gasteiger partial charge in [0.05, 0.1) is 0 Å². The molecule has 1 aromatic rings. The first-order valence-electron chi connectivity index (χ1n) is 5.02. The molecule has 1 aromatic heterocycles. The molecule has 78 valence electrons. The zero-order chi connectivity index (χ0) is 10.6. The van der Waals surface area contributed by atoms with E-state index in [9.17, 15) is 4.79 Å². The second-order valence-corrected chi connectivity index (χ2v) is 3.62. The van der Waals surface area contributed by atoms with Gasteiger partial charge in [-0.05, 0) is 13.3 Å². The fraction of sp³-hybridized carbons (Fsp3) is 0.700. The lowest BCUT2D eigenvalue weighted by Crippen LogP contribution is -2.14. The highest BCUT2D eigenvalue weighted by Gasteiger charge is 2.12. The molecular weight excluding hydrogens is 178 g/mol. The van der Waals surface area contributed by atoms with E-state index in [4.69, 9.17) is 0 Å². The van der Waals surface area contributed by atoms with Gasteiger partial charge in [0, 0.05) is 18.9 Å². The van der Waals surface area contributed by atoms with Crippen LogP contribution in [-0.4, -0.2) is 20.5 Å². The SMILES string of the molecule is CCCn1ncnc1CC(C)C(C)=O. The average Bonchev–Trinajstić information content (AvgIpc) is 2.53. The number of hydrogen-bond acceptors (Lipinski definition) is 3. The maximum Gasteiger partial charge on any atom is 0.138 e. The Morgan fingerprint density at radius 2 is 2.36 bits per heavy atom. The molecule has 0 saturated heterocycles. The number of nitrogens with zero attached hydrogens (tertiary/aromatic N) is 3. The van der Waals surface area contributed by atoms with Gasteiger partial charge >= 0.3 is 0 Å². The third-order valence-electron chi connectivity index (χ3n) is 2.31. The zero-order valence-corrected chi connectivity index (χ0v) is 9.03. The highest BCUT2D eigenvalue weighted by molar-refractivity contribution is 5.78. The van der Waals surface area contributed by atoms with Crippen LogP contribution in [-0.2, 0) is 17.8 Å². The summed E-state index contributed by atoms with van der Waals surface area (Å²) in [7, 11) is 0. The van der Waals surface area contributed by atoms with E-state index in [2.05, 4.69) is 17.0 Å². The molecule has 1 rings (SSSR count). The summed E-state index contributed by atoms with van der Waals surface area (Å²) in [4.78, 5) is 15.2. The minimum absolute atomic E-state index is 0.0369. The molecule has 14 heavy (non-hydrogen) atoms. The summed E-state index contributed by atoms with van der Waals surface area (Å²) in [6.07, 6.45) is 3.28. The number of aromatic nitrogens is 3. The van der Waals surface area contributed by atoms with Crippen LogP contribution in [0.1, 0.15) is 33.0 Å². The fourth-order valence-electron chi connectivity index (χ4n) is 1.26. The monoisotopic (exact) mass is 195 g/mol. The van der Waals surface area contributed by atoms with Crippen LogP contribution in [0.3, 0.4) is 0 Å². The Kier molecular flexibility index (Phi) is 3.80. The summed E-state index contributed by atoms with van der Waals surface area (Å²) in [6.45, 7) is 6.51. The molecule has 0 aromatic carbocycles. The molecule has 0 saturated carbocycles. The van der Waals surface area contributed by atoms with E-state index in [0.29, 0.717) is 6.42 Å². The molecule has 1 heterocycles. The second-order valence-electron chi connectivity index (χ2n) is 3.62. The van der Waals surface area contributed by atoms with Crippen LogP contribution in [0.5, 0.6) is 0 Å². The van der Waals surface area contributed by atoms with E-state index < -0.39 is 0 Å². The molecule has 0 amide bonds. The van der Waals surface area contributed by atoms with Gasteiger partial charge in [0.2, 0.25) is 0 Å². The van der Waals surface area contributed by atoms with E-state index in [0.717, 1.165) is 18.8 Å². The maximum atomic E-state index is 11.1. The van der Waals surface area contributed by atoms with Gasteiger partial charge in [-0.2, -0.15) is 5.10 Å². The van der Waals surface area contributed by atoms with Gasteiger partial charge in [-0.15, -0.1) is 0 Å². The first kappa shape index (κ1) is 10.9. The molecule has 4 heteroatoms. The molecule has 0 aliphatic carbocycles. The number of carbonyl (C=O) groups excluding carboxylic acids is 1. The van der Waals surface area contributed by atoms with Gasteiger partial charge in [0.25, 0.3) is 0 Å². The van der Waals surface area contributed by atoms with Crippen molar-refractivity contribution < 1.29 is 4.79 Å². The summed E-state index contributed by atoms with van der Waals surface area (Å²) in [5.41, 5.74) is 0. The molecule has 1 unspecified atom stereocenters. The smallest absolute Gasteiger partial charge is 0.138 e. The van der Waals surface area contributed by atoms with E-state index in [1.807, 2.05) is 11.6 Å². The summed E-state index contributed by atoms with van der Waals surface area (Å²) < 4.78 is 1.87. The van der Waals surface area contributed by atoms with Gasteiger partial charge in [0.15, 0.2) is 0 Å². The lowest BCUT2D eigenvalue weighted by Gasteiger charge is -2.07. The third-order valence-corrected chi connectivity index (χ3v) is 2.31. The van der Waals surface area contributed by atoms with Crippen molar-refractivity contribution in [3.05, 3.63) is 12.2 Å². The first-order chi connectivity index (χ1) is 6.65. The van der Waals surface area contributed by atoms with Crippen LogP contribution in [0.15, 0.2) is 6.33 Å². The number of aryl methyl sites for hydroxylation is 1. The normalized spacial score (nSPS) is 12.8. The van der Waals surface area contributed by atoms with Crippen molar-refractivity contribution in [1.29, 1.82) is 0 Å². The van der Waals surface area contributed by atoms with Crippen molar-refractivity contribution in [2.45, 2.75) is 40.2 Å². The molecule has 0 fully saturated rings. The van der Waals surface area contributed by atoms with E-state index in [-0.39, 0.29) is 11.7 Å². The summed E-state index contributed by atoms with van der Waals surface area (Å²) in [5.74, 6) is 1.15. The van der Waals surface area contributed by atoms with Crippen molar-refractivity contribution in [2.24, 2.45) is 5.92 Å². The van der Waals surface area contributed by atoms with Crippen molar-refractivity contribution in [3.8, 4) is 0 Å². The number of hydrogen-bond donors (Lipinski definition) is 0. The van der Waals surface area contributed by atoms with Crippen LogP contribution in [0.25, 0.3) is 0 Å². The molecule has 0 radical (unpaired) electrons. The quantitative estimate of drug-likeness (QED) is 0.714. The number of Topliss-reactive ketones (excluding diaryl/α,β-unsaturated/α-hetero) is 1. The topological polar surface area (TPSA) is 47.8 Å². The first-order valence-corrected chi connectivity index (χ1v) is 5.02. The fourth-order valence-corrected chi connectivity index (χ4v) is 1.26. The molecule has 0 aliphatic rings. The summed E-state index contributed by atoms with van der Waals surface area (Å²) in [5, 5.41) is 4.11. The average molecular weight is 195 g/mol. The van der Waals surface area contributed by atoms with Crippen molar-refractivity contribution in [2.75, 3.05) is 0 Å². The number of carbonyl (C=O) groups is 1. The molecule has 0 bridgehead atoms. The van der Waals surface area contributed by atoms with Crippen LogP contribution >= 0.6 is 0 Å². The van der Waals surface area contributed by atoms with Gasteiger partial charge in [0.1, 0.15) is 17.9 Å². The van der Waals surface area contributed by atoms with Crippen LogP contribution < -0.4 is 0 Å². The molecule has 0 aliphatic heterocycles. The van der Waals surface area contributed by atoms with E-state index in [1.165, 1.54) is 0 Å². The van der Waals surface area contributed by atoms with Crippen molar-refractivity contribution in [1.82, 2.24) is 14.8 Å². The van der Waals surface area contributed by atoms with Gasteiger partial charge in [-0.25, -0.2) is 4.98 Å². The molecule has 0 N–H and O–H groups in total. The zero-order valence-electron chi connectivity index (χ0n) is 9.03. The molecule has 1 atom stereocenters. The minimum atomic E-state index is 0.0369. The third kappa shape index (κ3) is 2.65. The molecular formula is C10H17N3O. The van der Waals surface area contributed by atoms with Crippen LogP contribution in [0.4, 0.5) is 0 Å². The lowest BCUT2D eigenvalue weighted by molar-refractivity contribution is -0.120. The van der Waals surface area contributed by atoms with Crippen LogP contribution in [0, 0.1) is 5.92 Å². The highest BCUT2D eigenvalue weighted by Crippen LogP contribution is 2.06. The maximum absolute atomic E-state index is 11.1. The van der Waals surface area contributed by atoms with E-state index in [1.54, 1.807) is 13.3 Å². The molecule has 0 spiro atoms. The Balaban J connectivity index is 2.66. The number of rotatable bonds is 5. The van der Waals surface area contributed by atoms with Gasteiger partial charge < -0.3 is 0 Å². The Bertz CT molecular complexity index is 306. The highest BCUT2D eigenvalue weighted by atomic mass is 16.1. The van der Waals surface area contributed by atoms with Gasteiger partial charge in [-0.3, -0.25) is 9.48 Å². The van der Waals surface area contributed by atoms with Crippen LogP contribution in [0.2, 0.25) is 0 Å². The van der Waals surface area contributed by atoms with Gasteiger partial charge in [-0.1, -0.05) is 13.8 Å². The Hall–Kier alpha value is -1.19. The lowest BCUT2D eigenvalue weighted by atomic mass is 10.0. The molecule has 4 nitrogen and oxygen atoms in total. The minimum Gasteiger partial charge on any atom is -0.300 e. The van der Waals surface area contributed by atoms with E-state index >= 15 is 0 Å². The summed E-state index contributed by atoms with van der Waals surface area (Å²) in [6, 6.07) is 0. The Morgan fingerprint density at radius 1 is 1.64 bits per heavy atom. The Labute approximate surface area is 84.3 Å². The number of ketones is 1. The standard InChI is InChI=1S/C10H17N3O/c1-4-5-13-10(11-7-12-13)6-8(2)9(3)14/h7-8H,4-6H2,1-3H3. The van der Waals surface area contributed by atoms with Crippen molar-refractivity contribution in [3.63, 3.8) is 0 Å².